The third kappa shape index (κ3) is 2.54. The van der Waals surface area contributed by atoms with E-state index in [4.69, 9.17) is 0 Å². The van der Waals surface area contributed by atoms with E-state index in [1.807, 2.05) is 0 Å². The van der Waals surface area contributed by atoms with Crippen LogP contribution < -0.4 is 5.32 Å². The van der Waals surface area contributed by atoms with Gasteiger partial charge in [-0.2, -0.15) is 0 Å². The van der Waals surface area contributed by atoms with Crippen molar-refractivity contribution in [2.24, 2.45) is 5.92 Å². The number of likely N-dealkylation sites (N-methyl/N-ethyl adjacent to an activating group) is 1. The van der Waals surface area contributed by atoms with Crippen LogP contribution in [-0.2, 0) is 0 Å². The lowest BCUT2D eigenvalue weighted by atomic mass is 9.92. The van der Waals surface area contributed by atoms with Crippen molar-refractivity contribution in [2.75, 3.05) is 19.6 Å². The number of hydrogen-bond donors (Lipinski definition) is 1. The molecule has 0 radical (unpaired) electrons. The van der Waals surface area contributed by atoms with Crippen molar-refractivity contribution >= 4 is 0 Å². The van der Waals surface area contributed by atoms with Crippen molar-refractivity contribution in [3.05, 3.63) is 0 Å². The Bertz CT molecular complexity index is 207. The molecule has 0 aromatic carbocycles. The van der Waals surface area contributed by atoms with Crippen LogP contribution in [0.1, 0.15) is 46.5 Å². The summed E-state index contributed by atoms with van der Waals surface area (Å²) in [4.78, 5) is 2.72. The zero-order valence-corrected chi connectivity index (χ0v) is 10.6. The molecule has 0 spiro atoms. The SMILES string of the molecule is CCNC1CCCN(C(C)(C)C2CC2)C1. The van der Waals surface area contributed by atoms with Crippen molar-refractivity contribution in [3.63, 3.8) is 0 Å². The summed E-state index contributed by atoms with van der Waals surface area (Å²) in [6.45, 7) is 10.8. The molecule has 1 aliphatic heterocycles. The Morgan fingerprint density at radius 1 is 1.27 bits per heavy atom. The van der Waals surface area contributed by atoms with Gasteiger partial charge >= 0.3 is 0 Å². The Morgan fingerprint density at radius 3 is 2.60 bits per heavy atom. The fourth-order valence-corrected chi connectivity index (χ4v) is 3.00. The first kappa shape index (κ1) is 11.4. The van der Waals surface area contributed by atoms with Crippen LogP contribution in [0.15, 0.2) is 0 Å². The highest BCUT2D eigenvalue weighted by Gasteiger charge is 2.42. The monoisotopic (exact) mass is 210 g/mol. The van der Waals surface area contributed by atoms with Gasteiger partial charge in [-0.15, -0.1) is 0 Å². The fraction of sp³-hybridized carbons (Fsp3) is 1.00. The maximum absolute atomic E-state index is 3.60. The van der Waals surface area contributed by atoms with Crippen molar-refractivity contribution in [1.82, 2.24) is 10.2 Å². The summed E-state index contributed by atoms with van der Waals surface area (Å²) in [5.74, 6) is 0.970. The van der Waals surface area contributed by atoms with Gasteiger partial charge in [0.15, 0.2) is 0 Å². The molecule has 2 rings (SSSR count). The molecule has 1 aliphatic carbocycles. The molecule has 0 amide bonds. The van der Waals surface area contributed by atoms with E-state index in [9.17, 15) is 0 Å². The third-order valence-electron chi connectivity index (χ3n) is 4.31. The molecule has 2 aliphatic rings. The topological polar surface area (TPSA) is 15.3 Å². The molecule has 0 aromatic rings. The summed E-state index contributed by atoms with van der Waals surface area (Å²) >= 11 is 0. The van der Waals surface area contributed by atoms with Crippen LogP contribution in [0.4, 0.5) is 0 Å². The highest BCUT2D eigenvalue weighted by molar-refractivity contribution is 4.98. The van der Waals surface area contributed by atoms with Crippen molar-refractivity contribution in [3.8, 4) is 0 Å². The summed E-state index contributed by atoms with van der Waals surface area (Å²) in [6.07, 6.45) is 5.64. The maximum Gasteiger partial charge on any atom is 0.0195 e. The Labute approximate surface area is 94.4 Å². The zero-order valence-electron chi connectivity index (χ0n) is 10.6. The second-order valence-electron chi connectivity index (χ2n) is 5.77. The van der Waals surface area contributed by atoms with E-state index in [1.54, 1.807) is 0 Å². The summed E-state index contributed by atoms with van der Waals surface area (Å²) in [6, 6.07) is 0.738. The van der Waals surface area contributed by atoms with E-state index < -0.39 is 0 Å². The molecule has 1 atom stereocenters. The summed E-state index contributed by atoms with van der Waals surface area (Å²) in [5.41, 5.74) is 0.452. The quantitative estimate of drug-likeness (QED) is 0.765. The van der Waals surface area contributed by atoms with Crippen LogP contribution >= 0.6 is 0 Å². The van der Waals surface area contributed by atoms with E-state index in [0.29, 0.717) is 5.54 Å². The lowest BCUT2D eigenvalue weighted by Gasteiger charge is -2.44. The van der Waals surface area contributed by atoms with Crippen LogP contribution in [0.2, 0.25) is 0 Å². The van der Waals surface area contributed by atoms with Gasteiger partial charge in [0, 0.05) is 18.1 Å². The minimum atomic E-state index is 0.452. The number of rotatable bonds is 4. The summed E-state index contributed by atoms with van der Waals surface area (Å²) < 4.78 is 0. The third-order valence-corrected chi connectivity index (χ3v) is 4.31. The predicted molar refractivity (Wildman–Crippen MR) is 65.1 cm³/mol. The fourth-order valence-electron chi connectivity index (χ4n) is 3.00. The van der Waals surface area contributed by atoms with Crippen molar-refractivity contribution in [1.29, 1.82) is 0 Å². The molecule has 1 unspecified atom stereocenters. The van der Waals surface area contributed by atoms with E-state index in [2.05, 4.69) is 31.0 Å². The molecular formula is C13H26N2. The normalized spacial score (nSPS) is 29.4. The molecule has 15 heavy (non-hydrogen) atoms. The number of nitrogens with zero attached hydrogens (tertiary/aromatic N) is 1. The van der Waals surface area contributed by atoms with Gasteiger partial charge in [-0.1, -0.05) is 6.92 Å². The van der Waals surface area contributed by atoms with Crippen molar-refractivity contribution < 1.29 is 0 Å². The highest BCUT2D eigenvalue weighted by Crippen LogP contribution is 2.43. The van der Waals surface area contributed by atoms with Crippen LogP contribution in [0.5, 0.6) is 0 Å². The maximum atomic E-state index is 3.60. The average molecular weight is 210 g/mol. The predicted octanol–water partition coefficient (Wildman–Crippen LogP) is 2.25. The second kappa shape index (κ2) is 4.42. The minimum absolute atomic E-state index is 0.452. The molecule has 2 fully saturated rings. The first-order chi connectivity index (χ1) is 7.14. The van der Waals surface area contributed by atoms with Crippen LogP contribution in [0.25, 0.3) is 0 Å². The molecule has 2 heteroatoms. The van der Waals surface area contributed by atoms with Gasteiger partial charge < -0.3 is 5.32 Å². The van der Waals surface area contributed by atoms with Crippen LogP contribution in [-0.4, -0.2) is 36.1 Å². The first-order valence-electron chi connectivity index (χ1n) is 6.63. The van der Waals surface area contributed by atoms with Gasteiger partial charge in [0.1, 0.15) is 0 Å². The van der Waals surface area contributed by atoms with Crippen LogP contribution in [0.3, 0.4) is 0 Å². The van der Waals surface area contributed by atoms with Gasteiger partial charge in [-0.3, -0.25) is 4.90 Å². The highest BCUT2D eigenvalue weighted by atomic mass is 15.2. The molecule has 0 bridgehead atoms. The average Bonchev–Trinajstić information content (AvgIpc) is 3.02. The van der Waals surface area contributed by atoms with Gasteiger partial charge in [-0.25, -0.2) is 0 Å². The Hall–Kier alpha value is -0.0800. The summed E-state index contributed by atoms with van der Waals surface area (Å²) in [7, 11) is 0. The summed E-state index contributed by atoms with van der Waals surface area (Å²) in [5, 5.41) is 3.60. The molecule has 1 saturated carbocycles. The molecular weight excluding hydrogens is 184 g/mol. The van der Waals surface area contributed by atoms with E-state index in [0.717, 1.165) is 18.5 Å². The minimum Gasteiger partial charge on any atom is -0.313 e. The molecule has 2 nitrogen and oxygen atoms in total. The lowest BCUT2D eigenvalue weighted by Crippen LogP contribution is -2.54. The van der Waals surface area contributed by atoms with Gasteiger partial charge in [0.25, 0.3) is 0 Å². The van der Waals surface area contributed by atoms with Gasteiger partial charge in [0.2, 0.25) is 0 Å². The number of hydrogen-bond acceptors (Lipinski definition) is 2. The van der Waals surface area contributed by atoms with Gasteiger partial charge in [0.05, 0.1) is 0 Å². The Kier molecular flexibility index (Phi) is 3.36. The smallest absolute Gasteiger partial charge is 0.0195 e. The van der Waals surface area contributed by atoms with E-state index in [1.165, 1.54) is 38.8 Å². The number of nitrogens with one attached hydrogen (secondary N) is 1. The van der Waals surface area contributed by atoms with E-state index >= 15 is 0 Å². The largest absolute Gasteiger partial charge is 0.313 e. The second-order valence-corrected chi connectivity index (χ2v) is 5.77. The molecule has 1 saturated heterocycles. The zero-order chi connectivity index (χ0) is 10.9. The molecule has 1 heterocycles. The standard InChI is InChI=1S/C13H26N2/c1-4-14-12-6-5-9-15(10-12)13(2,3)11-7-8-11/h11-12,14H,4-10H2,1-3H3. The van der Waals surface area contributed by atoms with E-state index in [-0.39, 0.29) is 0 Å². The Morgan fingerprint density at radius 2 is 2.00 bits per heavy atom. The number of piperidine rings is 1. The lowest BCUT2D eigenvalue weighted by molar-refractivity contribution is 0.0617. The van der Waals surface area contributed by atoms with Gasteiger partial charge in [-0.05, 0) is 58.5 Å². The molecule has 1 N–H and O–H groups in total. The molecule has 88 valence electrons. The first-order valence-corrected chi connectivity index (χ1v) is 6.63. The van der Waals surface area contributed by atoms with Crippen molar-refractivity contribution in [2.45, 2.75) is 58.0 Å². The van der Waals surface area contributed by atoms with Crippen LogP contribution in [0, 0.1) is 5.92 Å². The molecule has 0 aromatic heterocycles. The Balaban J connectivity index is 1.91. The number of likely N-dealkylation sites (tertiary alicyclic amines) is 1.